The fraction of sp³-hybridized carbons (Fsp3) is 0.276. The molecule has 1 unspecified atom stereocenters. The van der Waals surface area contributed by atoms with Gasteiger partial charge in [0.05, 0.1) is 18.1 Å². The van der Waals surface area contributed by atoms with E-state index < -0.39 is 0 Å². The Morgan fingerprint density at radius 3 is 2.61 bits per heavy atom. The summed E-state index contributed by atoms with van der Waals surface area (Å²) in [4.78, 5) is 22.8. The number of hydrogen-bond donors (Lipinski definition) is 1. The molecular formula is C29H30FN7O. The summed E-state index contributed by atoms with van der Waals surface area (Å²) in [5.41, 5.74) is 5.55. The molecule has 3 heterocycles. The van der Waals surface area contributed by atoms with E-state index in [1.807, 2.05) is 44.3 Å². The van der Waals surface area contributed by atoms with Crippen LogP contribution in [0.4, 0.5) is 4.39 Å². The normalized spacial score (nSPS) is 12.3. The number of pyridine rings is 2. The number of aromatic amines is 1. The summed E-state index contributed by atoms with van der Waals surface area (Å²) < 4.78 is 15.2. The van der Waals surface area contributed by atoms with E-state index in [0.29, 0.717) is 37.4 Å². The molecule has 0 spiro atoms. The summed E-state index contributed by atoms with van der Waals surface area (Å²) in [6.45, 7) is 7.51. The molecule has 0 saturated heterocycles. The average molecular weight is 512 g/mol. The maximum absolute atomic E-state index is 13.4. The van der Waals surface area contributed by atoms with Crippen LogP contribution in [-0.2, 0) is 19.6 Å². The second-order valence-corrected chi connectivity index (χ2v) is 9.61. The van der Waals surface area contributed by atoms with E-state index in [4.69, 9.17) is 0 Å². The Balaban J connectivity index is 1.52. The van der Waals surface area contributed by atoms with Crippen molar-refractivity contribution in [3.8, 4) is 0 Å². The third-order valence-corrected chi connectivity index (χ3v) is 7.04. The molecule has 1 atom stereocenters. The number of halogens is 1. The van der Waals surface area contributed by atoms with Crippen molar-refractivity contribution in [1.29, 1.82) is 0 Å². The van der Waals surface area contributed by atoms with E-state index in [2.05, 4.69) is 43.4 Å². The van der Waals surface area contributed by atoms with Crippen LogP contribution >= 0.6 is 0 Å². The summed E-state index contributed by atoms with van der Waals surface area (Å²) in [5.74, 6) is 0.398. The molecule has 3 aromatic heterocycles. The van der Waals surface area contributed by atoms with Gasteiger partial charge in [-0.05, 0) is 82.6 Å². The third-order valence-electron chi connectivity index (χ3n) is 7.04. The number of fused-ring (bicyclic) bond motifs is 1. The molecule has 0 bridgehead atoms. The smallest absolute Gasteiger partial charge is 0.252 e. The minimum atomic E-state index is -0.286. The fourth-order valence-corrected chi connectivity index (χ4v) is 4.84. The predicted octanol–water partition coefficient (Wildman–Crippen LogP) is 4.87. The molecule has 0 radical (unpaired) electrons. The first-order valence-electron chi connectivity index (χ1n) is 12.7. The van der Waals surface area contributed by atoms with Crippen LogP contribution in [0.2, 0.25) is 0 Å². The van der Waals surface area contributed by atoms with Crippen LogP contribution in [0, 0.1) is 19.7 Å². The van der Waals surface area contributed by atoms with E-state index in [0.717, 1.165) is 33.2 Å². The highest BCUT2D eigenvalue weighted by Gasteiger charge is 2.26. The van der Waals surface area contributed by atoms with Crippen LogP contribution in [-0.4, -0.2) is 35.1 Å². The fourth-order valence-electron chi connectivity index (χ4n) is 4.84. The van der Waals surface area contributed by atoms with Crippen molar-refractivity contribution in [1.82, 2.24) is 35.1 Å². The number of H-pyrrole nitrogens is 1. The highest BCUT2D eigenvalue weighted by atomic mass is 19.1. The van der Waals surface area contributed by atoms with E-state index >= 15 is 0 Å². The molecule has 194 valence electrons. The Kier molecular flexibility index (Phi) is 7.37. The van der Waals surface area contributed by atoms with Gasteiger partial charge < -0.3 is 4.98 Å². The molecule has 5 rings (SSSR count). The first kappa shape index (κ1) is 25.4. The van der Waals surface area contributed by atoms with Gasteiger partial charge in [-0.25, -0.2) is 9.07 Å². The lowest BCUT2D eigenvalue weighted by Crippen LogP contribution is -2.32. The maximum atomic E-state index is 13.4. The first-order valence-corrected chi connectivity index (χ1v) is 12.7. The maximum Gasteiger partial charge on any atom is 0.252 e. The van der Waals surface area contributed by atoms with Crippen molar-refractivity contribution < 1.29 is 4.39 Å². The van der Waals surface area contributed by atoms with Crippen molar-refractivity contribution in [3.63, 3.8) is 0 Å². The standard InChI is InChI=1S/C29H30FN7O/c1-4-26(28-33-34-35-37(28)17-21-8-11-25(30)12-9-21)36(16-22-6-5-13-31-15-22)18-24-14-23-10-7-19(2)20(3)27(23)32-29(24)38/h5-15,26H,4,16-18H2,1-3H3,(H,32,38). The zero-order valence-corrected chi connectivity index (χ0v) is 21.7. The second kappa shape index (κ2) is 11.0. The Bertz CT molecular complexity index is 1600. The number of aromatic nitrogens is 6. The lowest BCUT2D eigenvalue weighted by Gasteiger charge is -2.30. The molecule has 9 heteroatoms. The molecule has 8 nitrogen and oxygen atoms in total. The van der Waals surface area contributed by atoms with Gasteiger partial charge in [-0.2, -0.15) is 0 Å². The summed E-state index contributed by atoms with van der Waals surface area (Å²) in [7, 11) is 0. The van der Waals surface area contributed by atoms with E-state index in [-0.39, 0.29) is 17.4 Å². The molecular weight excluding hydrogens is 481 g/mol. The molecule has 0 saturated carbocycles. The quantitative estimate of drug-likeness (QED) is 0.304. The lowest BCUT2D eigenvalue weighted by atomic mass is 10.0. The van der Waals surface area contributed by atoms with Crippen molar-refractivity contribution in [2.24, 2.45) is 0 Å². The summed E-state index contributed by atoms with van der Waals surface area (Å²) in [5, 5.41) is 13.6. The zero-order chi connectivity index (χ0) is 26.6. The number of hydrogen-bond acceptors (Lipinski definition) is 6. The Morgan fingerprint density at radius 1 is 1.05 bits per heavy atom. The molecule has 1 N–H and O–H groups in total. The van der Waals surface area contributed by atoms with Crippen LogP contribution in [0.1, 0.15) is 53.0 Å². The van der Waals surface area contributed by atoms with Gasteiger partial charge in [-0.1, -0.05) is 37.3 Å². The van der Waals surface area contributed by atoms with Gasteiger partial charge in [0.1, 0.15) is 5.82 Å². The Morgan fingerprint density at radius 2 is 1.87 bits per heavy atom. The molecule has 2 aromatic carbocycles. The van der Waals surface area contributed by atoms with Gasteiger partial charge in [0.2, 0.25) is 0 Å². The minimum absolute atomic E-state index is 0.108. The highest BCUT2D eigenvalue weighted by molar-refractivity contribution is 5.83. The summed E-state index contributed by atoms with van der Waals surface area (Å²) in [6, 6.07) is 16.2. The Labute approximate surface area is 220 Å². The van der Waals surface area contributed by atoms with Crippen molar-refractivity contribution in [2.75, 3.05) is 0 Å². The van der Waals surface area contributed by atoms with Gasteiger partial charge >= 0.3 is 0 Å². The van der Waals surface area contributed by atoms with E-state index in [1.54, 1.807) is 23.0 Å². The van der Waals surface area contributed by atoms with Gasteiger partial charge in [0, 0.05) is 31.0 Å². The number of benzene rings is 2. The van der Waals surface area contributed by atoms with Crippen LogP contribution in [0.3, 0.4) is 0 Å². The van der Waals surface area contributed by atoms with Crippen LogP contribution in [0.15, 0.2) is 71.8 Å². The summed E-state index contributed by atoms with van der Waals surface area (Å²) in [6.07, 6.45) is 4.29. The molecule has 0 aliphatic rings. The van der Waals surface area contributed by atoms with Gasteiger partial charge in [-0.3, -0.25) is 14.7 Å². The summed E-state index contributed by atoms with van der Waals surface area (Å²) >= 11 is 0. The lowest BCUT2D eigenvalue weighted by molar-refractivity contribution is 0.161. The first-order chi connectivity index (χ1) is 18.4. The third kappa shape index (κ3) is 5.38. The number of rotatable bonds is 9. The van der Waals surface area contributed by atoms with Crippen molar-refractivity contribution >= 4 is 10.9 Å². The highest BCUT2D eigenvalue weighted by Crippen LogP contribution is 2.27. The molecule has 0 fully saturated rings. The topological polar surface area (TPSA) is 92.6 Å². The molecule has 0 amide bonds. The van der Waals surface area contributed by atoms with Gasteiger partial charge in [0.15, 0.2) is 5.82 Å². The molecule has 38 heavy (non-hydrogen) atoms. The largest absolute Gasteiger partial charge is 0.321 e. The average Bonchev–Trinajstić information content (AvgIpc) is 3.37. The number of aryl methyl sites for hydroxylation is 2. The minimum Gasteiger partial charge on any atom is -0.321 e. The molecule has 5 aromatic rings. The van der Waals surface area contributed by atoms with Crippen LogP contribution in [0.25, 0.3) is 10.9 Å². The van der Waals surface area contributed by atoms with Crippen LogP contribution in [0.5, 0.6) is 0 Å². The molecule has 0 aliphatic carbocycles. The number of nitrogens with one attached hydrogen (secondary N) is 1. The SMILES string of the molecule is CCC(c1nnnn1Cc1ccc(F)cc1)N(Cc1cccnc1)Cc1cc2ccc(C)c(C)c2[nH]c1=O. The number of nitrogens with zero attached hydrogens (tertiary/aromatic N) is 6. The van der Waals surface area contributed by atoms with Crippen molar-refractivity contribution in [2.45, 2.75) is 52.9 Å². The zero-order valence-electron chi connectivity index (χ0n) is 21.7. The van der Waals surface area contributed by atoms with E-state index in [9.17, 15) is 9.18 Å². The van der Waals surface area contributed by atoms with Crippen LogP contribution < -0.4 is 5.56 Å². The Hall–Kier alpha value is -4.24. The number of tetrazole rings is 1. The monoisotopic (exact) mass is 511 g/mol. The van der Waals surface area contributed by atoms with Gasteiger partial charge in [-0.15, -0.1) is 5.10 Å². The van der Waals surface area contributed by atoms with Crippen molar-refractivity contribution in [3.05, 3.63) is 117 Å². The molecule has 0 aliphatic heterocycles. The second-order valence-electron chi connectivity index (χ2n) is 9.61. The van der Waals surface area contributed by atoms with Gasteiger partial charge in [0.25, 0.3) is 5.56 Å². The predicted molar refractivity (Wildman–Crippen MR) is 144 cm³/mol. The van der Waals surface area contributed by atoms with E-state index in [1.165, 1.54) is 12.1 Å².